The molecule has 100 valence electrons. The molecule has 0 saturated carbocycles. The Bertz CT molecular complexity index is 566. The third-order valence-corrected chi connectivity index (χ3v) is 3.59. The van der Waals surface area contributed by atoms with Gasteiger partial charge >= 0.3 is 0 Å². The highest BCUT2D eigenvalue weighted by atomic mass is 32.1. The van der Waals surface area contributed by atoms with Crippen LogP contribution in [0.1, 0.15) is 33.3 Å². The fourth-order valence-electron chi connectivity index (χ4n) is 1.48. The van der Waals surface area contributed by atoms with Gasteiger partial charge in [0.1, 0.15) is 16.5 Å². The Hall–Kier alpha value is -2.02. The Balaban J connectivity index is 2.03. The van der Waals surface area contributed by atoms with Gasteiger partial charge in [0.2, 0.25) is 0 Å². The standard InChI is InChI=1S/C12H15N5OS/c1-7-4-16-12(19-7)8(2)17-11(18)9-5-15-10(13-3)6-14-9/h4-6,8H,1-3H3,(H,13,15)(H,17,18). The van der Waals surface area contributed by atoms with Crippen LogP contribution in [0.2, 0.25) is 0 Å². The van der Waals surface area contributed by atoms with Gasteiger partial charge in [-0.05, 0) is 13.8 Å². The summed E-state index contributed by atoms with van der Waals surface area (Å²) in [4.78, 5) is 25.4. The molecule has 0 aromatic carbocycles. The Morgan fingerprint density at radius 2 is 2.05 bits per heavy atom. The fourth-order valence-corrected chi connectivity index (χ4v) is 2.26. The molecule has 2 rings (SSSR count). The van der Waals surface area contributed by atoms with E-state index in [1.54, 1.807) is 24.6 Å². The topological polar surface area (TPSA) is 79.8 Å². The number of hydrogen-bond acceptors (Lipinski definition) is 6. The fraction of sp³-hybridized carbons (Fsp3) is 0.333. The summed E-state index contributed by atoms with van der Waals surface area (Å²) in [6.45, 7) is 3.88. The molecule has 0 aliphatic carbocycles. The minimum atomic E-state index is -0.254. The quantitative estimate of drug-likeness (QED) is 0.890. The molecular formula is C12H15N5OS. The number of amides is 1. The van der Waals surface area contributed by atoms with E-state index in [4.69, 9.17) is 0 Å². The van der Waals surface area contributed by atoms with E-state index < -0.39 is 0 Å². The number of nitrogens with zero attached hydrogens (tertiary/aromatic N) is 3. The van der Waals surface area contributed by atoms with Gasteiger partial charge in [0, 0.05) is 18.1 Å². The van der Waals surface area contributed by atoms with Crippen molar-refractivity contribution in [2.75, 3.05) is 12.4 Å². The molecular weight excluding hydrogens is 262 g/mol. The normalized spacial score (nSPS) is 11.9. The second-order valence-corrected chi connectivity index (χ2v) is 5.31. The summed E-state index contributed by atoms with van der Waals surface area (Å²) in [5.74, 6) is 0.371. The van der Waals surface area contributed by atoms with Gasteiger partial charge in [-0.3, -0.25) is 4.79 Å². The maximum absolute atomic E-state index is 12.0. The zero-order valence-electron chi connectivity index (χ0n) is 11.0. The number of hydrogen-bond donors (Lipinski definition) is 2. The van der Waals surface area contributed by atoms with Gasteiger partial charge in [-0.25, -0.2) is 15.0 Å². The highest BCUT2D eigenvalue weighted by Crippen LogP contribution is 2.19. The molecule has 1 atom stereocenters. The molecule has 19 heavy (non-hydrogen) atoms. The van der Waals surface area contributed by atoms with E-state index in [9.17, 15) is 4.79 Å². The van der Waals surface area contributed by atoms with Crippen molar-refractivity contribution >= 4 is 23.1 Å². The lowest BCUT2D eigenvalue weighted by molar-refractivity contribution is 0.0934. The number of anilines is 1. The van der Waals surface area contributed by atoms with Crippen molar-refractivity contribution in [2.24, 2.45) is 0 Å². The van der Waals surface area contributed by atoms with E-state index in [0.29, 0.717) is 11.5 Å². The molecule has 2 aromatic rings. The lowest BCUT2D eigenvalue weighted by Crippen LogP contribution is -2.27. The zero-order valence-corrected chi connectivity index (χ0v) is 11.8. The van der Waals surface area contributed by atoms with Crippen molar-refractivity contribution < 1.29 is 4.79 Å². The van der Waals surface area contributed by atoms with Gasteiger partial charge in [0.15, 0.2) is 0 Å². The first-order valence-electron chi connectivity index (χ1n) is 5.83. The molecule has 7 heteroatoms. The Morgan fingerprint density at radius 1 is 1.26 bits per heavy atom. The van der Waals surface area contributed by atoms with E-state index >= 15 is 0 Å². The number of thiazole rings is 1. The molecule has 0 aliphatic heterocycles. The van der Waals surface area contributed by atoms with Gasteiger partial charge in [-0.15, -0.1) is 11.3 Å². The van der Waals surface area contributed by atoms with E-state index in [1.807, 2.05) is 13.8 Å². The molecule has 6 nitrogen and oxygen atoms in total. The summed E-state index contributed by atoms with van der Waals surface area (Å²) in [6.07, 6.45) is 4.76. The minimum absolute atomic E-state index is 0.142. The SMILES string of the molecule is CNc1cnc(C(=O)NC(C)c2ncc(C)s2)cn1. The van der Waals surface area contributed by atoms with Crippen LogP contribution in [-0.2, 0) is 0 Å². The summed E-state index contributed by atoms with van der Waals surface area (Å²) in [5, 5.41) is 6.58. The van der Waals surface area contributed by atoms with Crippen LogP contribution in [-0.4, -0.2) is 27.9 Å². The Labute approximate surface area is 115 Å². The first kappa shape index (κ1) is 13.4. The summed E-state index contributed by atoms with van der Waals surface area (Å²) < 4.78 is 0. The highest BCUT2D eigenvalue weighted by Gasteiger charge is 2.15. The zero-order chi connectivity index (χ0) is 13.8. The molecule has 0 fully saturated rings. The highest BCUT2D eigenvalue weighted by molar-refractivity contribution is 7.11. The number of carbonyl (C=O) groups is 1. The lowest BCUT2D eigenvalue weighted by Gasteiger charge is -2.10. The summed E-state index contributed by atoms with van der Waals surface area (Å²) >= 11 is 1.57. The molecule has 0 aliphatic rings. The van der Waals surface area contributed by atoms with Gasteiger partial charge in [-0.2, -0.15) is 0 Å². The van der Waals surface area contributed by atoms with Crippen LogP contribution in [0.3, 0.4) is 0 Å². The lowest BCUT2D eigenvalue weighted by atomic mass is 10.3. The molecule has 2 N–H and O–H groups in total. The molecule has 2 aromatic heterocycles. The number of aryl methyl sites for hydroxylation is 1. The number of carbonyl (C=O) groups excluding carboxylic acids is 1. The smallest absolute Gasteiger partial charge is 0.272 e. The summed E-state index contributed by atoms with van der Waals surface area (Å²) in [6, 6.07) is -0.142. The van der Waals surface area contributed by atoms with E-state index in [1.165, 1.54) is 12.4 Å². The minimum Gasteiger partial charge on any atom is -0.372 e. The maximum atomic E-state index is 12.0. The third-order valence-electron chi connectivity index (χ3n) is 2.50. The average Bonchev–Trinajstić information content (AvgIpc) is 2.85. The van der Waals surface area contributed by atoms with Crippen LogP contribution < -0.4 is 10.6 Å². The van der Waals surface area contributed by atoms with Crippen LogP contribution in [0.4, 0.5) is 5.82 Å². The van der Waals surface area contributed by atoms with E-state index in [-0.39, 0.29) is 11.9 Å². The van der Waals surface area contributed by atoms with Crippen molar-refractivity contribution in [1.82, 2.24) is 20.3 Å². The number of nitrogens with one attached hydrogen (secondary N) is 2. The van der Waals surface area contributed by atoms with Gasteiger partial charge in [-0.1, -0.05) is 0 Å². The summed E-state index contributed by atoms with van der Waals surface area (Å²) in [7, 11) is 1.75. The van der Waals surface area contributed by atoms with Crippen LogP contribution in [0.25, 0.3) is 0 Å². The number of aromatic nitrogens is 3. The van der Waals surface area contributed by atoms with Crippen molar-refractivity contribution in [3.63, 3.8) is 0 Å². The van der Waals surface area contributed by atoms with Crippen LogP contribution in [0, 0.1) is 6.92 Å². The first-order valence-corrected chi connectivity index (χ1v) is 6.65. The van der Waals surface area contributed by atoms with Crippen LogP contribution in [0.15, 0.2) is 18.6 Å². The van der Waals surface area contributed by atoms with Gasteiger partial charge < -0.3 is 10.6 Å². The largest absolute Gasteiger partial charge is 0.372 e. The van der Waals surface area contributed by atoms with Crippen molar-refractivity contribution in [1.29, 1.82) is 0 Å². The Morgan fingerprint density at radius 3 is 2.58 bits per heavy atom. The van der Waals surface area contributed by atoms with Crippen molar-refractivity contribution in [3.8, 4) is 0 Å². The second kappa shape index (κ2) is 5.75. The number of rotatable bonds is 4. The molecule has 0 bridgehead atoms. The molecule has 1 amide bonds. The second-order valence-electron chi connectivity index (χ2n) is 4.04. The average molecular weight is 277 g/mol. The van der Waals surface area contributed by atoms with Crippen molar-refractivity contribution in [2.45, 2.75) is 19.9 Å². The Kier molecular flexibility index (Phi) is 4.06. The third kappa shape index (κ3) is 3.25. The van der Waals surface area contributed by atoms with Crippen molar-refractivity contribution in [3.05, 3.63) is 34.2 Å². The van der Waals surface area contributed by atoms with E-state index in [0.717, 1.165) is 9.88 Å². The predicted molar refractivity (Wildman–Crippen MR) is 74.3 cm³/mol. The van der Waals surface area contributed by atoms with Gasteiger partial charge in [0.05, 0.1) is 18.4 Å². The van der Waals surface area contributed by atoms with Gasteiger partial charge in [0.25, 0.3) is 5.91 Å². The van der Waals surface area contributed by atoms with Crippen LogP contribution in [0.5, 0.6) is 0 Å². The monoisotopic (exact) mass is 277 g/mol. The molecule has 0 radical (unpaired) electrons. The van der Waals surface area contributed by atoms with Crippen LogP contribution >= 0.6 is 11.3 Å². The molecule has 0 saturated heterocycles. The predicted octanol–water partition coefficient (Wildman–Crippen LogP) is 1.77. The maximum Gasteiger partial charge on any atom is 0.272 e. The molecule has 2 heterocycles. The molecule has 1 unspecified atom stereocenters. The molecule has 0 spiro atoms. The van der Waals surface area contributed by atoms with E-state index in [2.05, 4.69) is 25.6 Å². The first-order chi connectivity index (χ1) is 9.10. The summed E-state index contributed by atoms with van der Waals surface area (Å²) in [5.41, 5.74) is 0.291.